The quantitative estimate of drug-likeness (QED) is 0.418. The highest BCUT2D eigenvalue weighted by atomic mass is 19.4. The molecule has 1 saturated heterocycles. The van der Waals surface area contributed by atoms with E-state index in [0.717, 1.165) is 12.2 Å². The molecule has 0 radical (unpaired) electrons. The van der Waals surface area contributed by atoms with Gasteiger partial charge in [-0.05, 0) is 25.5 Å². The molecule has 146 valence electrons. The van der Waals surface area contributed by atoms with E-state index in [1.54, 1.807) is 0 Å². The molecule has 1 aliphatic heterocycles. The van der Waals surface area contributed by atoms with E-state index in [4.69, 9.17) is 4.74 Å². The monoisotopic (exact) mass is 372 g/mol. The molecule has 2 N–H and O–H groups in total. The predicted molar refractivity (Wildman–Crippen MR) is 96.6 cm³/mol. The average Bonchev–Trinajstić information content (AvgIpc) is 3.00. The molecule has 1 aromatic carbocycles. The fourth-order valence-electron chi connectivity index (χ4n) is 2.82. The van der Waals surface area contributed by atoms with Gasteiger partial charge >= 0.3 is 6.18 Å². The van der Waals surface area contributed by atoms with Crippen molar-refractivity contribution in [2.24, 2.45) is 4.99 Å². The summed E-state index contributed by atoms with van der Waals surface area (Å²) >= 11 is 0. The number of aliphatic imine (C=N–C) groups is 1. The zero-order chi connectivity index (χ0) is 18.8. The lowest BCUT2D eigenvalue weighted by molar-refractivity contribution is -0.143. The highest BCUT2D eigenvalue weighted by molar-refractivity contribution is 5.80. The van der Waals surface area contributed by atoms with E-state index in [1.165, 1.54) is 4.90 Å². The minimum atomic E-state index is -4.15. The molecular weight excluding hydrogens is 345 g/mol. The summed E-state index contributed by atoms with van der Waals surface area (Å²) in [5.74, 6) is 1.48. The molecule has 1 fully saturated rings. The Morgan fingerprint density at radius 1 is 1.31 bits per heavy atom. The van der Waals surface area contributed by atoms with Crippen molar-refractivity contribution in [3.8, 4) is 5.75 Å². The molecule has 0 spiro atoms. The Labute approximate surface area is 152 Å². The molecule has 1 heterocycles. The molecule has 1 atom stereocenters. The summed E-state index contributed by atoms with van der Waals surface area (Å²) in [5.41, 5.74) is 0. The van der Waals surface area contributed by atoms with Gasteiger partial charge in [0.25, 0.3) is 0 Å². The Morgan fingerprint density at radius 2 is 2.08 bits per heavy atom. The van der Waals surface area contributed by atoms with Crippen LogP contribution in [0.4, 0.5) is 13.2 Å². The molecule has 2 rings (SSSR count). The second kappa shape index (κ2) is 10.3. The summed E-state index contributed by atoms with van der Waals surface area (Å²) < 4.78 is 43.0. The van der Waals surface area contributed by atoms with Crippen molar-refractivity contribution in [3.63, 3.8) is 0 Å². The van der Waals surface area contributed by atoms with E-state index >= 15 is 0 Å². The van der Waals surface area contributed by atoms with Crippen LogP contribution in [0.1, 0.15) is 19.8 Å². The molecule has 0 bridgehead atoms. The van der Waals surface area contributed by atoms with E-state index in [9.17, 15) is 13.2 Å². The number of halogens is 3. The number of nitrogens with zero attached hydrogens (tertiary/aromatic N) is 2. The maximum atomic E-state index is 12.5. The largest absolute Gasteiger partial charge is 0.494 e. The van der Waals surface area contributed by atoms with Crippen LogP contribution in [-0.2, 0) is 0 Å². The van der Waals surface area contributed by atoms with Crippen LogP contribution in [0.25, 0.3) is 0 Å². The van der Waals surface area contributed by atoms with Crippen LogP contribution < -0.4 is 15.4 Å². The molecule has 0 saturated carbocycles. The number of nitrogens with one attached hydrogen (secondary N) is 2. The second-order valence-electron chi connectivity index (χ2n) is 6.26. The maximum Gasteiger partial charge on any atom is 0.401 e. The van der Waals surface area contributed by atoms with Crippen LogP contribution in [0, 0.1) is 0 Å². The fraction of sp³-hybridized carbons (Fsp3) is 0.611. The van der Waals surface area contributed by atoms with Gasteiger partial charge in [-0.25, -0.2) is 0 Å². The van der Waals surface area contributed by atoms with Crippen LogP contribution >= 0.6 is 0 Å². The number of likely N-dealkylation sites (tertiary alicyclic amines) is 1. The van der Waals surface area contributed by atoms with Gasteiger partial charge in [0.05, 0.1) is 13.2 Å². The Morgan fingerprint density at radius 3 is 2.77 bits per heavy atom. The number of alkyl halides is 3. The van der Waals surface area contributed by atoms with E-state index in [0.29, 0.717) is 45.2 Å². The van der Waals surface area contributed by atoms with Gasteiger partial charge in [0.1, 0.15) is 5.75 Å². The van der Waals surface area contributed by atoms with Crippen LogP contribution in [0.15, 0.2) is 35.3 Å². The summed E-state index contributed by atoms with van der Waals surface area (Å²) in [4.78, 5) is 5.91. The van der Waals surface area contributed by atoms with Crippen molar-refractivity contribution in [1.82, 2.24) is 15.5 Å². The van der Waals surface area contributed by atoms with Gasteiger partial charge in [-0.1, -0.05) is 18.2 Å². The first-order valence-corrected chi connectivity index (χ1v) is 8.98. The first-order valence-electron chi connectivity index (χ1n) is 8.98. The highest BCUT2D eigenvalue weighted by Gasteiger charge is 2.34. The summed E-state index contributed by atoms with van der Waals surface area (Å²) in [5, 5.41) is 6.37. The van der Waals surface area contributed by atoms with Crippen molar-refractivity contribution in [2.45, 2.75) is 32.0 Å². The van der Waals surface area contributed by atoms with Gasteiger partial charge in [-0.15, -0.1) is 0 Å². The molecule has 8 heteroatoms. The lowest BCUT2D eigenvalue weighted by Gasteiger charge is -2.19. The molecule has 0 aromatic heterocycles. The van der Waals surface area contributed by atoms with Gasteiger partial charge in [0.2, 0.25) is 0 Å². The summed E-state index contributed by atoms with van der Waals surface area (Å²) in [6.07, 6.45) is -2.71. The number of ether oxygens (including phenoxy) is 1. The molecule has 0 aliphatic carbocycles. The van der Waals surface area contributed by atoms with Crippen LogP contribution in [0.3, 0.4) is 0 Å². The molecule has 1 unspecified atom stereocenters. The third kappa shape index (κ3) is 7.95. The number of hydrogen-bond donors (Lipinski definition) is 2. The topological polar surface area (TPSA) is 48.9 Å². The van der Waals surface area contributed by atoms with E-state index < -0.39 is 12.7 Å². The number of rotatable bonds is 8. The number of guanidine groups is 1. The first-order chi connectivity index (χ1) is 12.5. The van der Waals surface area contributed by atoms with E-state index in [-0.39, 0.29) is 6.04 Å². The normalized spacial score (nSPS) is 18.8. The lowest BCUT2D eigenvalue weighted by atomic mass is 10.3. The number of para-hydroxylation sites is 1. The van der Waals surface area contributed by atoms with Gasteiger partial charge in [0, 0.05) is 38.6 Å². The summed E-state index contributed by atoms with van der Waals surface area (Å²) in [7, 11) is 0. The molecular formula is C18H27F3N4O. The SMILES string of the molecule is CCNC(=NCCCOc1ccccc1)NC1CCN(CC(F)(F)F)C1. The maximum absolute atomic E-state index is 12.5. The number of benzene rings is 1. The number of hydrogen-bond acceptors (Lipinski definition) is 3. The smallest absolute Gasteiger partial charge is 0.401 e. The average molecular weight is 372 g/mol. The molecule has 5 nitrogen and oxygen atoms in total. The van der Waals surface area contributed by atoms with E-state index in [1.807, 2.05) is 37.3 Å². The Kier molecular flexibility index (Phi) is 8.03. The zero-order valence-corrected chi connectivity index (χ0v) is 15.1. The Hall–Kier alpha value is -1.96. The molecule has 0 amide bonds. The van der Waals surface area contributed by atoms with Crippen molar-refractivity contribution in [1.29, 1.82) is 0 Å². The fourth-order valence-corrected chi connectivity index (χ4v) is 2.82. The van der Waals surface area contributed by atoms with Crippen molar-refractivity contribution in [2.75, 3.05) is 39.3 Å². The van der Waals surface area contributed by atoms with Gasteiger partial charge in [-0.2, -0.15) is 13.2 Å². The van der Waals surface area contributed by atoms with Gasteiger partial charge in [0.15, 0.2) is 5.96 Å². The highest BCUT2D eigenvalue weighted by Crippen LogP contribution is 2.19. The van der Waals surface area contributed by atoms with Gasteiger partial charge in [-0.3, -0.25) is 9.89 Å². The second-order valence-corrected chi connectivity index (χ2v) is 6.26. The Bertz CT molecular complexity index is 551. The minimum Gasteiger partial charge on any atom is -0.494 e. The molecule has 26 heavy (non-hydrogen) atoms. The minimum absolute atomic E-state index is 0.0179. The van der Waals surface area contributed by atoms with E-state index in [2.05, 4.69) is 15.6 Å². The zero-order valence-electron chi connectivity index (χ0n) is 15.1. The van der Waals surface area contributed by atoms with Crippen LogP contribution in [0.2, 0.25) is 0 Å². The van der Waals surface area contributed by atoms with Crippen LogP contribution in [0.5, 0.6) is 5.75 Å². The third-order valence-electron chi connectivity index (χ3n) is 3.94. The first kappa shape index (κ1) is 20.4. The molecule has 1 aromatic rings. The third-order valence-corrected chi connectivity index (χ3v) is 3.94. The van der Waals surface area contributed by atoms with Crippen LogP contribution in [-0.4, -0.2) is 62.4 Å². The molecule has 1 aliphatic rings. The Balaban J connectivity index is 1.71. The van der Waals surface area contributed by atoms with Gasteiger partial charge < -0.3 is 15.4 Å². The van der Waals surface area contributed by atoms with Crippen molar-refractivity contribution < 1.29 is 17.9 Å². The summed E-state index contributed by atoms with van der Waals surface area (Å²) in [6, 6.07) is 9.57. The predicted octanol–water partition coefficient (Wildman–Crippen LogP) is 2.65. The van der Waals surface area contributed by atoms with Crippen molar-refractivity contribution in [3.05, 3.63) is 30.3 Å². The van der Waals surface area contributed by atoms with Crippen molar-refractivity contribution >= 4 is 5.96 Å². The standard InChI is InChI=1S/C18H27F3N4O/c1-2-22-17(23-10-6-12-26-16-7-4-3-5-8-16)24-15-9-11-25(13-15)14-18(19,20)21/h3-5,7-8,15H,2,6,9-14H2,1H3,(H2,22,23,24). The summed E-state index contributed by atoms with van der Waals surface area (Å²) in [6.45, 7) is 3.78. The lowest BCUT2D eigenvalue weighted by Crippen LogP contribution is -2.45.